The highest BCUT2D eigenvalue weighted by Gasteiger charge is 2.15. The van der Waals surface area contributed by atoms with E-state index in [0.29, 0.717) is 11.5 Å². The van der Waals surface area contributed by atoms with Gasteiger partial charge in [0.1, 0.15) is 16.0 Å². The van der Waals surface area contributed by atoms with Crippen molar-refractivity contribution in [3.05, 3.63) is 22.2 Å². The summed E-state index contributed by atoms with van der Waals surface area (Å²) in [6, 6.07) is 3.57. The fraction of sp³-hybridized carbons (Fsp3) is 0.400. The predicted octanol–water partition coefficient (Wildman–Crippen LogP) is 2.52. The van der Waals surface area contributed by atoms with Crippen LogP contribution in [0, 0.1) is 0 Å². The van der Waals surface area contributed by atoms with Crippen LogP contribution in [0.2, 0.25) is 0 Å². The van der Waals surface area contributed by atoms with Crippen LogP contribution in [0.25, 0.3) is 0 Å². The first kappa shape index (κ1) is 11.3. The fourth-order valence-electron chi connectivity index (χ4n) is 1.25. The lowest BCUT2D eigenvalue weighted by Gasteiger charge is -2.14. The Hall–Kier alpha value is -0.740. The van der Waals surface area contributed by atoms with Crippen LogP contribution >= 0.6 is 15.9 Å². The average molecular weight is 261 g/mol. The zero-order valence-electron chi connectivity index (χ0n) is 8.37. The molecule has 0 bridgehead atoms. The molecule has 0 aromatic heterocycles. The summed E-state index contributed by atoms with van der Waals surface area (Å²) in [5.74, 6) is 1.30. The van der Waals surface area contributed by atoms with Crippen molar-refractivity contribution in [2.75, 3.05) is 14.2 Å². The van der Waals surface area contributed by atoms with Gasteiger partial charge in [0.15, 0.2) is 0 Å². The van der Waals surface area contributed by atoms with Gasteiger partial charge in [0.2, 0.25) is 0 Å². The van der Waals surface area contributed by atoms with Gasteiger partial charge in [0.05, 0.1) is 20.3 Å². The van der Waals surface area contributed by atoms with E-state index in [9.17, 15) is 5.11 Å². The first-order chi connectivity index (χ1) is 6.61. The summed E-state index contributed by atoms with van der Waals surface area (Å²) in [6.45, 7) is 1.69. The Morgan fingerprint density at radius 3 is 2.36 bits per heavy atom. The smallest absolute Gasteiger partial charge is 0.142 e. The molecule has 0 heterocycles. The van der Waals surface area contributed by atoms with E-state index in [0.717, 1.165) is 10.0 Å². The Bertz CT molecular complexity index is 323. The molecule has 0 saturated heterocycles. The summed E-state index contributed by atoms with van der Waals surface area (Å²) in [7, 11) is 3.15. The van der Waals surface area contributed by atoms with E-state index in [2.05, 4.69) is 15.9 Å². The Labute approximate surface area is 91.8 Å². The molecule has 3 nitrogen and oxygen atoms in total. The standard InChI is InChI=1S/C10H13BrO3/c1-6(12)7-4-5-8(13-2)9(11)10(7)14-3/h4-6,12H,1-3H3/t6-/m0/s1. The lowest BCUT2D eigenvalue weighted by molar-refractivity contribution is 0.194. The Balaban J connectivity index is 3.28. The van der Waals surface area contributed by atoms with Crippen molar-refractivity contribution in [1.82, 2.24) is 0 Å². The van der Waals surface area contributed by atoms with Crippen molar-refractivity contribution in [3.8, 4) is 11.5 Å². The minimum atomic E-state index is -0.563. The van der Waals surface area contributed by atoms with Crippen LogP contribution in [0.15, 0.2) is 16.6 Å². The van der Waals surface area contributed by atoms with E-state index in [-0.39, 0.29) is 0 Å². The lowest BCUT2D eigenvalue weighted by atomic mass is 10.1. The molecule has 0 aliphatic heterocycles. The van der Waals surface area contributed by atoms with Crippen molar-refractivity contribution >= 4 is 15.9 Å². The Kier molecular flexibility index (Phi) is 3.77. The highest BCUT2D eigenvalue weighted by atomic mass is 79.9. The van der Waals surface area contributed by atoms with E-state index < -0.39 is 6.10 Å². The van der Waals surface area contributed by atoms with Crippen molar-refractivity contribution in [2.24, 2.45) is 0 Å². The second kappa shape index (κ2) is 4.66. The van der Waals surface area contributed by atoms with Gasteiger partial charge in [0.25, 0.3) is 0 Å². The molecule has 0 spiro atoms. The van der Waals surface area contributed by atoms with Crippen LogP contribution in [0.5, 0.6) is 11.5 Å². The average Bonchev–Trinajstić information content (AvgIpc) is 2.17. The summed E-state index contributed by atoms with van der Waals surface area (Å²) in [4.78, 5) is 0. The molecule has 0 fully saturated rings. The normalized spacial score (nSPS) is 12.4. The van der Waals surface area contributed by atoms with Gasteiger partial charge in [-0.25, -0.2) is 0 Å². The zero-order valence-corrected chi connectivity index (χ0v) is 9.96. The molecule has 0 aliphatic rings. The molecule has 1 aromatic carbocycles. The van der Waals surface area contributed by atoms with E-state index in [4.69, 9.17) is 9.47 Å². The third-order valence-corrected chi connectivity index (χ3v) is 2.72. The van der Waals surface area contributed by atoms with Crippen LogP contribution in [0.4, 0.5) is 0 Å². The minimum absolute atomic E-state index is 0.563. The van der Waals surface area contributed by atoms with Crippen LogP contribution < -0.4 is 9.47 Å². The summed E-state index contributed by atoms with van der Waals surface area (Å²) in [5.41, 5.74) is 0.736. The zero-order chi connectivity index (χ0) is 10.7. The number of aliphatic hydroxyl groups is 1. The first-order valence-electron chi connectivity index (χ1n) is 4.20. The molecule has 0 unspecified atom stereocenters. The topological polar surface area (TPSA) is 38.7 Å². The van der Waals surface area contributed by atoms with Gasteiger partial charge in [0, 0.05) is 5.56 Å². The molecule has 4 heteroatoms. The molecular formula is C10H13BrO3. The number of ether oxygens (including phenoxy) is 2. The van der Waals surface area contributed by atoms with Crippen molar-refractivity contribution in [1.29, 1.82) is 0 Å². The molecular weight excluding hydrogens is 248 g/mol. The number of benzene rings is 1. The third kappa shape index (κ3) is 2.01. The molecule has 0 saturated carbocycles. The SMILES string of the molecule is COc1ccc([C@H](C)O)c(OC)c1Br. The van der Waals surface area contributed by atoms with Crippen molar-refractivity contribution in [3.63, 3.8) is 0 Å². The van der Waals surface area contributed by atoms with Gasteiger partial charge in [-0.2, -0.15) is 0 Å². The van der Waals surface area contributed by atoms with Crippen LogP contribution in [-0.4, -0.2) is 19.3 Å². The minimum Gasteiger partial charge on any atom is -0.495 e. The van der Waals surface area contributed by atoms with E-state index in [1.165, 1.54) is 0 Å². The molecule has 1 rings (SSSR count). The summed E-state index contributed by atoms with van der Waals surface area (Å²) in [5, 5.41) is 9.48. The van der Waals surface area contributed by atoms with Gasteiger partial charge in [-0.3, -0.25) is 0 Å². The highest BCUT2D eigenvalue weighted by molar-refractivity contribution is 9.10. The Morgan fingerprint density at radius 1 is 1.29 bits per heavy atom. The van der Waals surface area contributed by atoms with Gasteiger partial charge in [-0.15, -0.1) is 0 Å². The van der Waals surface area contributed by atoms with Gasteiger partial charge < -0.3 is 14.6 Å². The quantitative estimate of drug-likeness (QED) is 0.908. The second-order valence-corrected chi connectivity index (χ2v) is 3.67. The molecule has 78 valence electrons. The molecule has 1 N–H and O–H groups in total. The molecule has 14 heavy (non-hydrogen) atoms. The van der Waals surface area contributed by atoms with Crippen LogP contribution in [0.1, 0.15) is 18.6 Å². The monoisotopic (exact) mass is 260 g/mol. The van der Waals surface area contributed by atoms with E-state index in [1.807, 2.05) is 0 Å². The van der Waals surface area contributed by atoms with Gasteiger partial charge >= 0.3 is 0 Å². The van der Waals surface area contributed by atoms with E-state index in [1.54, 1.807) is 33.3 Å². The summed E-state index contributed by atoms with van der Waals surface area (Å²) in [6.07, 6.45) is -0.563. The number of hydrogen-bond donors (Lipinski definition) is 1. The van der Waals surface area contributed by atoms with Crippen LogP contribution in [-0.2, 0) is 0 Å². The third-order valence-electron chi connectivity index (χ3n) is 1.97. The largest absolute Gasteiger partial charge is 0.495 e. The highest BCUT2D eigenvalue weighted by Crippen LogP contribution is 2.39. The van der Waals surface area contributed by atoms with Crippen LogP contribution in [0.3, 0.4) is 0 Å². The second-order valence-electron chi connectivity index (χ2n) is 2.88. The first-order valence-corrected chi connectivity index (χ1v) is 4.99. The van der Waals surface area contributed by atoms with Gasteiger partial charge in [-0.1, -0.05) is 0 Å². The molecule has 0 amide bonds. The molecule has 0 radical (unpaired) electrons. The van der Waals surface area contributed by atoms with E-state index >= 15 is 0 Å². The number of halogens is 1. The predicted molar refractivity (Wildman–Crippen MR) is 57.9 cm³/mol. The molecule has 1 atom stereocenters. The fourth-order valence-corrected chi connectivity index (χ4v) is 1.93. The molecule has 0 aliphatic carbocycles. The molecule has 1 aromatic rings. The summed E-state index contributed by atoms with van der Waals surface area (Å²) >= 11 is 3.36. The van der Waals surface area contributed by atoms with Gasteiger partial charge in [-0.05, 0) is 35.0 Å². The number of methoxy groups -OCH3 is 2. The maximum absolute atomic E-state index is 9.48. The number of rotatable bonds is 3. The van der Waals surface area contributed by atoms with Crippen molar-refractivity contribution < 1.29 is 14.6 Å². The summed E-state index contributed by atoms with van der Waals surface area (Å²) < 4.78 is 11.0. The number of aliphatic hydroxyl groups excluding tert-OH is 1. The number of hydrogen-bond acceptors (Lipinski definition) is 3. The maximum atomic E-state index is 9.48. The van der Waals surface area contributed by atoms with Crippen molar-refractivity contribution in [2.45, 2.75) is 13.0 Å². The lowest BCUT2D eigenvalue weighted by Crippen LogP contribution is -1.98. The maximum Gasteiger partial charge on any atom is 0.142 e. The Morgan fingerprint density at radius 2 is 1.93 bits per heavy atom.